The van der Waals surface area contributed by atoms with Crippen LogP contribution in [-0.2, 0) is 13.1 Å². The van der Waals surface area contributed by atoms with Gasteiger partial charge in [-0.1, -0.05) is 31.2 Å². The summed E-state index contributed by atoms with van der Waals surface area (Å²) in [7, 11) is 0. The van der Waals surface area contributed by atoms with Crippen molar-refractivity contribution < 1.29 is 0 Å². The first-order chi connectivity index (χ1) is 7.85. The van der Waals surface area contributed by atoms with E-state index in [-0.39, 0.29) is 0 Å². The lowest BCUT2D eigenvalue weighted by Gasteiger charge is -2.06. The van der Waals surface area contributed by atoms with Gasteiger partial charge in [-0.3, -0.25) is 0 Å². The molecule has 1 aromatic carbocycles. The molecule has 0 aliphatic rings. The number of benzene rings is 1. The molecule has 0 aliphatic heterocycles. The van der Waals surface area contributed by atoms with E-state index in [9.17, 15) is 0 Å². The Hall–Kier alpha value is -1.61. The molecule has 3 heteroatoms. The van der Waals surface area contributed by atoms with Gasteiger partial charge in [0.2, 0.25) is 0 Å². The quantitative estimate of drug-likeness (QED) is 0.851. The van der Waals surface area contributed by atoms with Gasteiger partial charge in [-0.05, 0) is 12.0 Å². The lowest BCUT2D eigenvalue weighted by atomic mass is 10.1. The molecule has 0 amide bonds. The lowest BCUT2D eigenvalue weighted by Crippen LogP contribution is -1.99. The third kappa shape index (κ3) is 2.14. The van der Waals surface area contributed by atoms with Crippen molar-refractivity contribution in [3.8, 4) is 11.4 Å². The van der Waals surface area contributed by atoms with Gasteiger partial charge in [0.05, 0.1) is 0 Å². The molecule has 0 unspecified atom stereocenters. The average Bonchev–Trinajstić information content (AvgIpc) is 2.78. The molecule has 0 fully saturated rings. The van der Waals surface area contributed by atoms with Crippen molar-refractivity contribution in [2.75, 3.05) is 0 Å². The van der Waals surface area contributed by atoms with E-state index >= 15 is 0 Å². The topological polar surface area (TPSA) is 43.8 Å². The maximum Gasteiger partial charge on any atom is 0.139 e. The van der Waals surface area contributed by atoms with Crippen LogP contribution >= 0.6 is 0 Å². The van der Waals surface area contributed by atoms with Gasteiger partial charge in [-0.2, -0.15) is 0 Å². The Labute approximate surface area is 95.9 Å². The molecular weight excluding hydrogens is 198 g/mol. The number of nitrogens with two attached hydrogens (primary N) is 1. The zero-order valence-electron chi connectivity index (χ0n) is 9.56. The number of hydrogen-bond acceptors (Lipinski definition) is 2. The molecule has 1 heterocycles. The van der Waals surface area contributed by atoms with Crippen LogP contribution in [0.1, 0.15) is 18.9 Å². The van der Waals surface area contributed by atoms with Crippen LogP contribution in [0, 0.1) is 0 Å². The molecule has 84 valence electrons. The Bertz CT molecular complexity index is 442. The van der Waals surface area contributed by atoms with Crippen LogP contribution in [-0.4, -0.2) is 9.55 Å². The molecule has 3 nitrogen and oxygen atoms in total. The zero-order valence-corrected chi connectivity index (χ0v) is 9.56. The van der Waals surface area contributed by atoms with Crippen molar-refractivity contribution in [3.05, 3.63) is 42.2 Å². The number of aromatic nitrogens is 2. The molecule has 1 aromatic heterocycles. The van der Waals surface area contributed by atoms with E-state index in [2.05, 4.69) is 40.7 Å². The highest BCUT2D eigenvalue weighted by atomic mass is 15.1. The summed E-state index contributed by atoms with van der Waals surface area (Å²) in [5.74, 6) is 1.03. The molecular formula is C13H17N3. The normalized spacial score (nSPS) is 10.6. The second-order valence-corrected chi connectivity index (χ2v) is 3.85. The summed E-state index contributed by atoms with van der Waals surface area (Å²) in [6.45, 7) is 3.76. The Morgan fingerprint density at radius 1 is 1.25 bits per heavy atom. The highest BCUT2D eigenvalue weighted by molar-refractivity contribution is 5.56. The third-order valence-corrected chi connectivity index (χ3v) is 2.63. The second-order valence-electron chi connectivity index (χ2n) is 3.85. The predicted octanol–water partition coefficient (Wildman–Crippen LogP) is 2.42. The molecule has 0 bridgehead atoms. The number of rotatable bonds is 4. The van der Waals surface area contributed by atoms with E-state index in [1.54, 1.807) is 0 Å². The fourth-order valence-electron chi connectivity index (χ4n) is 1.78. The molecule has 0 atom stereocenters. The van der Waals surface area contributed by atoms with Crippen LogP contribution in [0.15, 0.2) is 36.7 Å². The lowest BCUT2D eigenvalue weighted by molar-refractivity contribution is 0.685. The van der Waals surface area contributed by atoms with Crippen LogP contribution < -0.4 is 5.73 Å². The molecule has 16 heavy (non-hydrogen) atoms. The molecule has 2 N–H and O–H groups in total. The minimum atomic E-state index is 0.587. The molecule has 0 aliphatic carbocycles. The van der Waals surface area contributed by atoms with E-state index in [0.29, 0.717) is 6.54 Å². The summed E-state index contributed by atoms with van der Waals surface area (Å²) in [6.07, 6.45) is 4.99. The first-order valence-corrected chi connectivity index (χ1v) is 5.65. The standard InChI is InChI=1S/C13H17N3/c1-2-8-16-9-7-15-13(16)12-5-3-11(10-14)4-6-12/h3-7,9H,2,8,10,14H2,1H3. The molecule has 2 rings (SSSR count). The van der Waals surface area contributed by atoms with Crippen molar-refractivity contribution in [1.29, 1.82) is 0 Å². The van der Waals surface area contributed by atoms with E-state index in [0.717, 1.165) is 29.9 Å². The fraction of sp³-hybridized carbons (Fsp3) is 0.308. The number of nitrogens with zero attached hydrogens (tertiary/aromatic N) is 2. The summed E-state index contributed by atoms with van der Waals surface area (Å²) in [4.78, 5) is 4.39. The van der Waals surface area contributed by atoms with Crippen LogP contribution in [0.3, 0.4) is 0 Å². The number of imidazole rings is 1. The Morgan fingerprint density at radius 3 is 2.62 bits per heavy atom. The van der Waals surface area contributed by atoms with Gasteiger partial charge >= 0.3 is 0 Å². The first kappa shape index (κ1) is 10.9. The van der Waals surface area contributed by atoms with Crippen LogP contribution in [0.25, 0.3) is 11.4 Å². The fourth-order valence-corrected chi connectivity index (χ4v) is 1.78. The summed E-state index contributed by atoms with van der Waals surface area (Å²) >= 11 is 0. The minimum Gasteiger partial charge on any atom is -0.331 e. The summed E-state index contributed by atoms with van der Waals surface area (Å²) in [5, 5.41) is 0. The zero-order chi connectivity index (χ0) is 11.4. The molecule has 0 radical (unpaired) electrons. The van der Waals surface area contributed by atoms with Crippen LogP contribution in [0.4, 0.5) is 0 Å². The van der Waals surface area contributed by atoms with Gasteiger partial charge in [0.1, 0.15) is 5.82 Å². The summed E-state index contributed by atoms with van der Waals surface area (Å²) in [6, 6.07) is 8.27. The van der Waals surface area contributed by atoms with Crippen molar-refractivity contribution in [2.45, 2.75) is 26.4 Å². The highest BCUT2D eigenvalue weighted by Crippen LogP contribution is 2.18. The van der Waals surface area contributed by atoms with Crippen molar-refractivity contribution in [1.82, 2.24) is 9.55 Å². The van der Waals surface area contributed by atoms with Crippen molar-refractivity contribution >= 4 is 0 Å². The SMILES string of the molecule is CCCn1ccnc1-c1ccc(CN)cc1. The number of hydrogen-bond donors (Lipinski definition) is 1. The summed E-state index contributed by atoms with van der Waals surface area (Å²) < 4.78 is 2.18. The third-order valence-electron chi connectivity index (χ3n) is 2.63. The highest BCUT2D eigenvalue weighted by Gasteiger charge is 2.04. The van der Waals surface area contributed by atoms with E-state index in [1.807, 2.05) is 12.4 Å². The van der Waals surface area contributed by atoms with E-state index < -0.39 is 0 Å². The van der Waals surface area contributed by atoms with Gasteiger partial charge < -0.3 is 10.3 Å². The maximum absolute atomic E-state index is 5.58. The van der Waals surface area contributed by atoms with E-state index in [1.165, 1.54) is 0 Å². The molecule has 0 spiro atoms. The first-order valence-electron chi connectivity index (χ1n) is 5.65. The van der Waals surface area contributed by atoms with Crippen LogP contribution in [0.5, 0.6) is 0 Å². The van der Waals surface area contributed by atoms with Crippen LogP contribution in [0.2, 0.25) is 0 Å². The molecule has 0 saturated heterocycles. The van der Waals surface area contributed by atoms with Gasteiger partial charge in [0.15, 0.2) is 0 Å². The van der Waals surface area contributed by atoms with Gasteiger partial charge in [0, 0.05) is 31.0 Å². The van der Waals surface area contributed by atoms with Gasteiger partial charge in [-0.15, -0.1) is 0 Å². The Kier molecular flexibility index (Phi) is 3.37. The Morgan fingerprint density at radius 2 is 2.00 bits per heavy atom. The van der Waals surface area contributed by atoms with Crippen molar-refractivity contribution in [3.63, 3.8) is 0 Å². The smallest absolute Gasteiger partial charge is 0.139 e. The summed E-state index contributed by atoms with van der Waals surface area (Å²) in [5.41, 5.74) is 7.87. The van der Waals surface area contributed by atoms with Crippen molar-refractivity contribution in [2.24, 2.45) is 5.73 Å². The minimum absolute atomic E-state index is 0.587. The largest absolute Gasteiger partial charge is 0.331 e. The number of aryl methyl sites for hydroxylation is 1. The van der Waals surface area contributed by atoms with E-state index in [4.69, 9.17) is 5.73 Å². The maximum atomic E-state index is 5.58. The second kappa shape index (κ2) is 4.94. The molecule has 2 aromatic rings. The Balaban J connectivity index is 2.31. The molecule has 0 saturated carbocycles. The van der Waals surface area contributed by atoms with Gasteiger partial charge in [0.25, 0.3) is 0 Å². The van der Waals surface area contributed by atoms with Gasteiger partial charge in [-0.25, -0.2) is 4.98 Å². The monoisotopic (exact) mass is 215 g/mol. The average molecular weight is 215 g/mol. The predicted molar refractivity (Wildman–Crippen MR) is 65.8 cm³/mol.